The van der Waals surface area contributed by atoms with Gasteiger partial charge in [-0.3, -0.25) is 0 Å². The van der Waals surface area contributed by atoms with Gasteiger partial charge in [-0.1, -0.05) is 169 Å². The molecule has 2 unspecified atom stereocenters. The SMILES string of the molecule is CC(C)(C)c1ccc2c(c1)C1(C)CCCCC1(C)N2c1cc2c3c(c1)N(c1cccc4sc5ccccc5c14)c1cc4c(cc1B3c1cc3c(cc1N2c1cccc2oc5ccccc5c12)C(C)(C)CCC3(C)C)C(C)(C)CCC4(C)C. The smallest absolute Gasteiger partial charge is 0.252 e. The van der Waals surface area contributed by atoms with Crippen LogP contribution in [0, 0.1) is 0 Å². The van der Waals surface area contributed by atoms with E-state index in [2.05, 4.69) is 244 Å². The van der Waals surface area contributed by atoms with Crippen LogP contribution in [0.15, 0.2) is 144 Å². The monoisotopic (exact) mass is 1090 g/mol. The summed E-state index contributed by atoms with van der Waals surface area (Å²) >= 11 is 1.93. The highest BCUT2D eigenvalue weighted by Crippen LogP contribution is 2.63. The summed E-state index contributed by atoms with van der Waals surface area (Å²) in [5.41, 5.74) is 24.9. The van der Waals surface area contributed by atoms with Crippen molar-refractivity contribution in [3.05, 3.63) is 173 Å². The Labute approximate surface area is 490 Å². The number of benzene rings is 8. The number of fused-ring (bicyclic) bond motifs is 15. The molecule has 0 N–H and O–H groups in total. The quantitative estimate of drug-likeness (QED) is 0.165. The number of para-hydroxylation sites is 1. The van der Waals surface area contributed by atoms with Gasteiger partial charge >= 0.3 is 0 Å². The molecule has 0 bridgehead atoms. The molecule has 16 rings (SSSR count). The molecule has 0 saturated heterocycles. The maximum absolute atomic E-state index is 6.89. The van der Waals surface area contributed by atoms with Crippen molar-refractivity contribution >= 4 is 122 Å². The summed E-state index contributed by atoms with van der Waals surface area (Å²) in [4.78, 5) is 8.40. The zero-order chi connectivity index (χ0) is 56.6. The minimum absolute atomic E-state index is 0.00239. The summed E-state index contributed by atoms with van der Waals surface area (Å²) in [7, 11) is 0. The second-order valence-electron chi connectivity index (χ2n) is 30.1. The van der Waals surface area contributed by atoms with Gasteiger partial charge in [0.15, 0.2) is 0 Å². The van der Waals surface area contributed by atoms with Gasteiger partial charge in [-0.25, -0.2) is 0 Å². The van der Waals surface area contributed by atoms with Gasteiger partial charge < -0.3 is 19.1 Å². The average molecular weight is 1090 g/mol. The largest absolute Gasteiger partial charge is 0.456 e. The first-order chi connectivity index (χ1) is 39.0. The van der Waals surface area contributed by atoms with Gasteiger partial charge in [-0.15, -0.1) is 11.3 Å². The molecule has 2 aromatic heterocycles. The Morgan fingerprint density at radius 1 is 0.439 bits per heavy atom. The topological polar surface area (TPSA) is 22.9 Å². The lowest BCUT2D eigenvalue weighted by atomic mass is 9.32. The van der Waals surface area contributed by atoms with E-state index in [0.717, 1.165) is 66.2 Å². The first-order valence-electron chi connectivity index (χ1n) is 30.9. The molecule has 0 amide bonds. The van der Waals surface area contributed by atoms with E-state index in [9.17, 15) is 0 Å². The fourth-order valence-corrected chi connectivity index (χ4v) is 18.4. The van der Waals surface area contributed by atoms with Crippen molar-refractivity contribution in [3.8, 4) is 0 Å². The predicted octanol–water partition coefficient (Wildman–Crippen LogP) is 19.8. The molecule has 4 nitrogen and oxygen atoms in total. The lowest BCUT2D eigenvalue weighted by Gasteiger charge is -2.51. The van der Waals surface area contributed by atoms with Crippen LogP contribution < -0.4 is 31.1 Å². The van der Waals surface area contributed by atoms with Gasteiger partial charge in [0.05, 0.1) is 22.3 Å². The molecular weight excluding hydrogens is 1010 g/mol. The Balaban J connectivity index is 1.11. The number of furan rings is 1. The van der Waals surface area contributed by atoms with E-state index >= 15 is 0 Å². The van der Waals surface area contributed by atoms with Crippen molar-refractivity contribution in [2.45, 2.75) is 179 Å². The van der Waals surface area contributed by atoms with E-state index in [0.29, 0.717) is 0 Å². The fraction of sp³-hybridized carbons (Fsp3) is 0.368. The van der Waals surface area contributed by atoms with E-state index in [1.807, 2.05) is 11.3 Å². The van der Waals surface area contributed by atoms with Gasteiger partial charge in [-0.05, 0) is 189 Å². The molecule has 0 radical (unpaired) electrons. The highest BCUT2D eigenvalue weighted by Gasteiger charge is 2.59. The molecule has 10 aromatic rings. The Hall–Kier alpha value is -6.76. The maximum atomic E-state index is 6.89. The third-order valence-electron chi connectivity index (χ3n) is 22.5. The second-order valence-corrected chi connectivity index (χ2v) is 31.2. The standard InChI is InChI=1S/C76H78BN3OS/c1-70(2,3)45-30-31-56-53(38-45)75(12)32-18-19-33-76(75,13)80(56)46-39-61-69-62(40-46)79(58-25-21-29-66-68(58)48-23-15-17-28-65(48)82-66)60-44-52-50(72(6,7)35-37-74(52,10)11)42-55(60)77(69)54-41-49-51(73(8,9)36-34-71(49,4)5)43-59(54)78(61)57-24-20-27-64-67(57)47-22-14-16-26-63(47)81-64/h14-17,20-31,38-44H,18-19,32-37H2,1-13H3. The zero-order valence-electron chi connectivity index (χ0n) is 50.7. The normalized spacial score (nSPS) is 22.5. The van der Waals surface area contributed by atoms with Crippen molar-refractivity contribution in [1.29, 1.82) is 0 Å². The summed E-state index contributed by atoms with van der Waals surface area (Å²) in [5, 5.41) is 4.96. The number of hydrogen-bond acceptors (Lipinski definition) is 5. The van der Waals surface area contributed by atoms with Crippen LogP contribution in [0.25, 0.3) is 42.1 Å². The van der Waals surface area contributed by atoms with Crippen LogP contribution in [-0.2, 0) is 32.5 Å². The van der Waals surface area contributed by atoms with Crippen LogP contribution in [0.1, 0.15) is 175 Å². The van der Waals surface area contributed by atoms with Gasteiger partial charge in [0.1, 0.15) is 11.2 Å². The van der Waals surface area contributed by atoms with Crippen molar-refractivity contribution in [2.75, 3.05) is 14.7 Å². The van der Waals surface area contributed by atoms with E-state index < -0.39 is 0 Å². The Kier molecular flexibility index (Phi) is 10.3. The average Bonchev–Trinajstić information content (AvgIpc) is 4.09. The van der Waals surface area contributed by atoms with Crippen LogP contribution in [0.3, 0.4) is 0 Å². The summed E-state index contributed by atoms with van der Waals surface area (Å²) < 4.78 is 9.53. The summed E-state index contributed by atoms with van der Waals surface area (Å²) in [6.07, 6.45) is 9.32. The van der Waals surface area contributed by atoms with Gasteiger partial charge in [-0.2, -0.15) is 0 Å². The molecule has 3 aliphatic heterocycles. The van der Waals surface area contributed by atoms with Crippen LogP contribution in [0.4, 0.5) is 45.5 Å². The predicted molar refractivity (Wildman–Crippen MR) is 353 cm³/mol. The van der Waals surface area contributed by atoms with Crippen LogP contribution in [0.5, 0.6) is 0 Å². The summed E-state index contributed by atoms with van der Waals surface area (Å²) in [6.45, 7) is 32.4. The van der Waals surface area contributed by atoms with E-state index in [1.54, 1.807) is 0 Å². The molecule has 0 spiro atoms. The van der Waals surface area contributed by atoms with E-state index in [-0.39, 0.29) is 44.7 Å². The molecule has 1 saturated carbocycles. The lowest BCUT2D eigenvalue weighted by Crippen LogP contribution is -2.62. The first kappa shape index (κ1) is 50.9. The minimum Gasteiger partial charge on any atom is -0.456 e. The molecule has 6 heteroatoms. The fourth-order valence-electron chi connectivity index (χ4n) is 17.2. The molecule has 1 fully saturated rings. The molecule has 6 aliphatic rings. The van der Waals surface area contributed by atoms with Crippen molar-refractivity contribution in [1.82, 2.24) is 0 Å². The number of thiophene rings is 1. The van der Waals surface area contributed by atoms with Crippen LogP contribution >= 0.6 is 11.3 Å². The van der Waals surface area contributed by atoms with Crippen molar-refractivity contribution in [2.24, 2.45) is 0 Å². The Morgan fingerprint density at radius 2 is 0.963 bits per heavy atom. The van der Waals surface area contributed by atoms with Crippen molar-refractivity contribution < 1.29 is 4.42 Å². The molecule has 412 valence electrons. The number of anilines is 8. The third kappa shape index (κ3) is 6.74. The Bertz CT molecular complexity index is 4200. The highest BCUT2D eigenvalue weighted by molar-refractivity contribution is 7.26. The second kappa shape index (κ2) is 16.5. The van der Waals surface area contributed by atoms with Gasteiger partial charge in [0, 0.05) is 65.1 Å². The molecular formula is C76H78BN3OS. The molecule has 82 heavy (non-hydrogen) atoms. The minimum atomic E-state index is -0.188. The molecule has 3 aliphatic carbocycles. The van der Waals surface area contributed by atoms with Gasteiger partial charge in [0.25, 0.3) is 6.71 Å². The highest BCUT2D eigenvalue weighted by atomic mass is 32.1. The van der Waals surface area contributed by atoms with E-state index in [1.165, 1.54) is 123 Å². The number of rotatable bonds is 3. The number of hydrogen-bond donors (Lipinski definition) is 0. The van der Waals surface area contributed by atoms with Crippen LogP contribution in [-0.4, -0.2) is 12.3 Å². The molecule has 2 atom stereocenters. The lowest BCUT2D eigenvalue weighted by molar-refractivity contribution is 0.195. The maximum Gasteiger partial charge on any atom is 0.252 e. The molecule has 8 aromatic carbocycles. The van der Waals surface area contributed by atoms with Gasteiger partial charge in [0.2, 0.25) is 0 Å². The van der Waals surface area contributed by atoms with E-state index in [4.69, 9.17) is 4.42 Å². The molecule has 5 heterocycles. The number of nitrogens with zero attached hydrogens (tertiary/aromatic N) is 3. The zero-order valence-corrected chi connectivity index (χ0v) is 51.5. The third-order valence-corrected chi connectivity index (χ3v) is 23.6. The van der Waals surface area contributed by atoms with Crippen molar-refractivity contribution in [3.63, 3.8) is 0 Å². The Morgan fingerprint density at radius 3 is 1.59 bits per heavy atom. The van der Waals surface area contributed by atoms with Crippen LogP contribution in [0.2, 0.25) is 0 Å². The summed E-state index contributed by atoms with van der Waals surface area (Å²) in [5.74, 6) is 0. The first-order valence-corrected chi connectivity index (χ1v) is 31.7. The summed E-state index contributed by atoms with van der Waals surface area (Å²) in [6, 6.07) is 55.7.